The summed E-state index contributed by atoms with van der Waals surface area (Å²) in [5, 5.41) is 0.505. The van der Waals surface area contributed by atoms with E-state index >= 15 is 0 Å². The van der Waals surface area contributed by atoms with Gasteiger partial charge in [-0.25, -0.2) is 0 Å². The SMILES string of the molecule is C[C@@H](c1ccccc1)N1C[C@H](C(=O)Oc2cccc(Cl)c2Cl)CC1=O. The van der Waals surface area contributed by atoms with E-state index in [4.69, 9.17) is 27.9 Å². The largest absolute Gasteiger partial charge is 0.425 e. The maximum atomic E-state index is 12.4. The summed E-state index contributed by atoms with van der Waals surface area (Å²) in [5.74, 6) is -0.842. The lowest BCUT2D eigenvalue weighted by atomic mass is 10.1. The van der Waals surface area contributed by atoms with E-state index in [2.05, 4.69) is 0 Å². The summed E-state index contributed by atoms with van der Waals surface area (Å²) in [7, 11) is 0. The number of carbonyl (C=O) groups is 2. The molecule has 1 heterocycles. The molecule has 1 saturated heterocycles. The fourth-order valence-corrected chi connectivity index (χ4v) is 3.26. The molecule has 6 heteroatoms. The van der Waals surface area contributed by atoms with Crippen molar-refractivity contribution in [3.63, 3.8) is 0 Å². The molecule has 4 nitrogen and oxygen atoms in total. The highest BCUT2D eigenvalue weighted by atomic mass is 35.5. The highest BCUT2D eigenvalue weighted by Crippen LogP contribution is 2.33. The summed E-state index contributed by atoms with van der Waals surface area (Å²) in [5.41, 5.74) is 1.03. The van der Waals surface area contributed by atoms with Crippen LogP contribution in [0, 0.1) is 5.92 Å². The van der Waals surface area contributed by atoms with Gasteiger partial charge in [-0.1, -0.05) is 59.6 Å². The number of likely N-dealkylation sites (tertiary alicyclic amines) is 1. The molecular formula is C19H17Cl2NO3. The Morgan fingerprint density at radius 3 is 2.60 bits per heavy atom. The summed E-state index contributed by atoms with van der Waals surface area (Å²) in [6.45, 7) is 2.28. The molecule has 25 heavy (non-hydrogen) atoms. The number of hydrogen-bond donors (Lipinski definition) is 0. The quantitative estimate of drug-likeness (QED) is 0.581. The Hall–Kier alpha value is -2.04. The zero-order valence-electron chi connectivity index (χ0n) is 13.6. The van der Waals surface area contributed by atoms with E-state index < -0.39 is 11.9 Å². The third kappa shape index (κ3) is 3.80. The monoisotopic (exact) mass is 377 g/mol. The first kappa shape index (κ1) is 17.8. The molecule has 0 N–H and O–H groups in total. The van der Waals surface area contributed by atoms with Crippen molar-refractivity contribution < 1.29 is 14.3 Å². The van der Waals surface area contributed by atoms with Crippen molar-refractivity contribution in [2.75, 3.05) is 6.54 Å². The van der Waals surface area contributed by atoms with E-state index in [9.17, 15) is 9.59 Å². The van der Waals surface area contributed by atoms with Crippen LogP contribution in [0.5, 0.6) is 5.75 Å². The van der Waals surface area contributed by atoms with Crippen LogP contribution in [0.4, 0.5) is 0 Å². The summed E-state index contributed by atoms with van der Waals surface area (Å²) in [4.78, 5) is 26.5. The number of halogens is 2. The van der Waals surface area contributed by atoms with E-state index in [1.807, 2.05) is 37.3 Å². The van der Waals surface area contributed by atoms with Crippen LogP contribution in [0.15, 0.2) is 48.5 Å². The van der Waals surface area contributed by atoms with Crippen LogP contribution in [-0.2, 0) is 9.59 Å². The molecule has 0 unspecified atom stereocenters. The van der Waals surface area contributed by atoms with Crippen molar-refractivity contribution in [1.29, 1.82) is 0 Å². The van der Waals surface area contributed by atoms with Crippen LogP contribution in [0.25, 0.3) is 0 Å². The number of rotatable bonds is 4. The van der Waals surface area contributed by atoms with Gasteiger partial charge in [0, 0.05) is 13.0 Å². The van der Waals surface area contributed by atoms with Gasteiger partial charge >= 0.3 is 5.97 Å². The maximum Gasteiger partial charge on any atom is 0.316 e. The molecule has 2 atom stereocenters. The predicted octanol–water partition coefficient (Wildman–Crippen LogP) is 4.51. The van der Waals surface area contributed by atoms with E-state index in [-0.39, 0.29) is 29.1 Å². The molecule has 0 radical (unpaired) electrons. The minimum Gasteiger partial charge on any atom is -0.425 e. The Morgan fingerprint density at radius 2 is 1.88 bits per heavy atom. The molecule has 0 aliphatic carbocycles. The Kier molecular flexibility index (Phi) is 5.30. The molecule has 2 aromatic carbocycles. The smallest absolute Gasteiger partial charge is 0.316 e. The molecule has 2 aromatic rings. The van der Waals surface area contributed by atoms with Crippen LogP contribution < -0.4 is 4.74 Å². The molecule has 130 valence electrons. The molecule has 0 bridgehead atoms. The highest BCUT2D eigenvalue weighted by molar-refractivity contribution is 6.43. The molecule has 1 aliphatic rings. The standard InChI is InChI=1S/C19H17Cl2NO3/c1-12(13-6-3-2-4-7-13)22-11-14(10-17(22)23)19(24)25-16-9-5-8-15(20)18(16)21/h2-9,12,14H,10-11H2,1H3/t12-,14+/m0/s1. The van der Waals surface area contributed by atoms with Crippen LogP contribution in [-0.4, -0.2) is 23.3 Å². The number of nitrogens with zero attached hydrogens (tertiary/aromatic N) is 1. The second-order valence-corrected chi connectivity index (χ2v) is 6.79. The first-order chi connectivity index (χ1) is 12.0. The molecular weight excluding hydrogens is 361 g/mol. The lowest BCUT2D eigenvalue weighted by molar-refractivity contribution is -0.139. The Bertz CT molecular complexity index is 795. The number of amides is 1. The number of ether oxygens (including phenoxy) is 1. The minimum atomic E-state index is -0.520. The van der Waals surface area contributed by atoms with Gasteiger partial charge in [0.1, 0.15) is 5.02 Å². The van der Waals surface area contributed by atoms with Gasteiger partial charge in [-0.15, -0.1) is 0 Å². The highest BCUT2D eigenvalue weighted by Gasteiger charge is 2.38. The number of esters is 1. The summed E-state index contributed by atoms with van der Waals surface area (Å²) < 4.78 is 5.36. The van der Waals surface area contributed by atoms with Gasteiger partial charge in [0.15, 0.2) is 5.75 Å². The third-order valence-electron chi connectivity index (χ3n) is 4.37. The summed E-state index contributed by atoms with van der Waals surface area (Å²) >= 11 is 12.0. The van der Waals surface area contributed by atoms with Gasteiger partial charge in [-0.05, 0) is 24.6 Å². The predicted molar refractivity (Wildman–Crippen MR) is 96.8 cm³/mol. The average Bonchev–Trinajstić information content (AvgIpc) is 3.01. The zero-order chi connectivity index (χ0) is 18.0. The van der Waals surface area contributed by atoms with Crippen molar-refractivity contribution >= 4 is 35.1 Å². The Morgan fingerprint density at radius 1 is 1.16 bits per heavy atom. The third-order valence-corrected chi connectivity index (χ3v) is 5.17. The van der Waals surface area contributed by atoms with Crippen LogP contribution in [0.3, 0.4) is 0 Å². The number of hydrogen-bond acceptors (Lipinski definition) is 3. The normalized spacial score (nSPS) is 18.3. The van der Waals surface area contributed by atoms with Gasteiger partial charge in [0.05, 0.1) is 17.0 Å². The number of benzene rings is 2. The van der Waals surface area contributed by atoms with Crippen molar-refractivity contribution in [3.8, 4) is 5.75 Å². The van der Waals surface area contributed by atoms with Gasteiger partial charge in [-0.3, -0.25) is 9.59 Å². The average molecular weight is 378 g/mol. The van der Waals surface area contributed by atoms with Crippen LogP contribution in [0.2, 0.25) is 10.0 Å². The van der Waals surface area contributed by atoms with Gasteiger partial charge in [-0.2, -0.15) is 0 Å². The molecule has 0 aromatic heterocycles. The molecule has 0 spiro atoms. The molecule has 1 fully saturated rings. The van der Waals surface area contributed by atoms with Gasteiger partial charge in [0.25, 0.3) is 0 Å². The van der Waals surface area contributed by atoms with Crippen LogP contribution >= 0.6 is 23.2 Å². The molecule has 3 rings (SSSR count). The molecule has 1 amide bonds. The van der Waals surface area contributed by atoms with E-state index in [0.29, 0.717) is 11.6 Å². The Labute approximate surface area is 156 Å². The summed E-state index contributed by atoms with van der Waals surface area (Å²) in [6.07, 6.45) is 0.133. The maximum absolute atomic E-state index is 12.4. The van der Waals surface area contributed by atoms with Crippen molar-refractivity contribution in [1.82, 2.24) is 4.90 Å². The van der Waals surface area contributed by atoms with Crippen molar-refractivity contribution in [2.24, 2.45) is 5.92 Å². The molecule has 0 saturated carbocycles. The lowest BCUT2D eigenvalue weighted by Crippen LogP contribution is -2.30. The van der Waals surface area contributed by atoms with E-state index in [1.165, 1.54) is 0 Å². The van der Waals surface area contributed by atoms with Crippen molar-refractivity contribution in [2.45, 2.75) is 19.4 Å². The topological polar surface area (TPSA) is 46.6 Å². The van der Waals surface area contributed by atoms with E-state index in [0.717, 1.165) is 5.56 Å². The minimum absolute atomic E-state index is 0.0597. The second kappa shape index (κ2) is 7.46. The van der Waals surface area contributed by atoms with Crippen LogP contribution in [0.1, 0.15) is 24.9 Å². The van der Waals surface area contributed by atoms with Crippen molar-refractivity contribution in [3.05, 3.63) is 64.1 Å². The van der Waals surface area contributed by atoms with E-state index in [1.54, 1.807) is 23.1 Å². The number of carbonyl (C=O) groups excluding carboxylic acids is 2. The Balaban J connectivity index is 1.69. The fourth-order valence-electron chi connectivity index (χ4n) is 2.93. The fraction of sp³-hybridized carbons (Fsp3) is 0.263. The first-order valence-corrected chi connectivity index (χ1v) is 8.73. The van der Waals surface area contributed by atoms with Gasteiger partial charge < -0.3 is 9.64 Å². The first-order valence-electron chi connectivity index (χ1n) is 7.97. The lowest BCUT2D eigenvalue weighted by Gasteiger charge is -2.25. The zero-order valence-corrected chi connectivity index (χ0v) is 15.1. The second-order valence-electron chi connectivity index (χ2n) is 6.01. The van der Waals surface area contributed by atoms with Gasteiger partial charge in [0.2, 0.25) is 5.91 Å². The molecule has 1 aliphatic heterocycles. The summed E-state index contributed by atoms with van der Waals surface area (Å²) in [6, 6.07) is 14.5.